The van der Waals surface area contributed by atoms with Crippen LogP contribution in [0, 0.1) is 0 Å². The average molecular weight is 489 g/mol. The van der Waals surface area contributed by atoms with Crippen molar-refractivity contribution in [1.82, 2.24) is 10.2 Å². The maximum absolute atomic E-state index is 12.7. The van der Waals surface area contributed by atoms with Crippen LogP contribution in [0.15, 0.2) is 72.8 Å². The Hall–Kier alpha value is -3.55. The number of benzene rings is 3. The van der Waals surface area contributed by atoms with E-state index in [2.05, 4.69) is 16.3 Å². The van der Waals surface area contributed by atoms with Gasteiger partial charge in [-0.3, -0.25) is 9.69 Å². The van der Waals surface area contributed by atoms with Crippen molar-refractivity contribution in [3.8, 4) is 17.2 Å². The van der Waals surface area contributed by atoms with Crippen molar-refractivity contribution in [3.05, 3.63) is 89.5 Å². The molecule has 36 heavy (non-hydrogen) atoms. The third-order valence-electron chi connectivity index (χ3n) is 7.59. The number of carbonyl (C=O) groups excluding carboxylic acids is 1. The molecule has 1 spiro atoms. The topological polar surface area (TPSA) is 91.3 Å². The molecule has 1 amide bonds. The molecule has 7 nitrogen and oxygen atoms in total. The summed E-state index contributed by atoms with van der Waals surface area (Å²) >= 11 is 0. The molecule has 3 aromatic carbocycles. The van der Waals surface area contributed by atoms with Gasteiger partial charge in [-0.1, -0.05) is 54.6 Å². The summed E-state index contributed by atoms with van der Waals surface area (Å²) in [5.41, 5.74) is 2.47. The van der Waals surface area contributed by atoms with Crippen LogP contribution in [0.1, 0.15) is 35.6 Å². The van der Waals surface area contributed by atoms with Gasteiger partial charge in [0.15, 0.2) is 18.1 Å². The number of phenolic OH excluding ortho intramolecular Hbond substituents is 1. The van der Waals surface area contributed by atoms with Crippen LogP contribution in [-0.2, 0) is 16.8 Å². The van der Waals surface area contributed by atoms with Crippen molar-refractivity contribution in [2.45, 2.75) is 36.9 Å². The second kappa shape index (κ2) is 10.2. The van der Waals surface area contributed by atoms with E-state index < -0.39 is 17.6 Å². The van der Waals surface area contributed by atoms with E-state index in [1.165, 1.54) is 0 Å². The average Bonchev–Trinajstić information content (AvgIpc) is 3.13. The second-order valence-corrected chi connectivity index (χ2v) is 9.58. The quantitative estimate of drug-likeness (QED) is 0.471. The number of carbonyl (C=O) groups is 1. The molecule has 0 aromatic heterocycles. The fraction of sp³-hybridized carbons (Fsp3) is 0.345. The molecule has 5 rings (SSSR count). The highest BCUT2D eigenvalue weighted by atomic mass is 16.5. The highest BCUT2D eigenvalue weighted by molar-refractivity contribution is 5.78. The molecule has 0 saturated carbocycles. The van der Waals surface area contributed by atoms with Gasteiger partial charge in [0.2, 0.25) is 0 Å². The van der Waals surface area contributed by atoms with E-state index in [1.807, 2.05) is 48.5 Å². The number of aliphatic hydroxyl groups excluding tert-OH is 1. The second-order valence-electron chi connectivity index (χ2n) is 9.58. The van der Waals surface area contributed by atoms with Gasteiger partial charge in [-0.25, -0.2) is 0 Å². The molecule has 0 unspecified atom stereocenters. The van der Waals surface area contributed by atoms with Crippen LogP contribution in [0.4, 0.5) is 0 Å². The van der Waals surface area contributed by atoms with Crippen molar-refractivity contribution < 1.29 is 24.5 Å². The standard InChI is InChI=1S/C29H32N2O5/c1-35-24-13-7-8-20(27(24)33)18-31-16-14-29(15-17-31)23-12-6-5-11-22(23)26(28(29)34)30-25(32)19-36-21-9-3-2-4-10-21/h2-13,26,28,33-34H,14-19H2,1H3,(H,30,32)/t26-,28+/m1/s1. The van der Waals surface area contributed by atoms with E-state index >= 15 is 0 Å². The van der Waals surface area contributed by atoms with Gasteiger partial charge < -0.3 is 25.0 Å². The number of piperidine rings is 1. The minimum absolute atomic E-state index is 0.111. The summed E-state index contributed by atoms with van der Waals surface area (Å²) < 4.78 is 10.9. The molecule has 3 aromatic rings. The lowest BCUT2D eigenvalue weighted by Crippen LogP contribution is -2.49. The Morgan fingerprint density at radius 2 is 1.75 bits per heavy atom. The summed E-state index contributed by atoms with van der Waals surface area (Å²) in [6.07, 6.45) is 0.772. The fourth-order valence-electron chi connectivity index (χ4n) is 5.68. The number of phenols is 1. The predicted molar refractivity (Wildman–Crippen MR) is 136 cm³/mol. The molecule has 2 atom stereocenters. The van der Waals surface area contributed by atoms with E-state index in [0.717, 1.165) is 42.6 Å². The molecular formula is C29H32N2O5. The third kappa shape index (κ3) is 4.52. The van der Waals surface area contributed by atoms with Gasteiger partial charge in [0.1, 0.15) is 5.75 Å². The van der Waals surface area contributed by atoms with Crippen LogP contribution < -0.4 is 14.8 Å². The van der Waals surface area contributed by atoms with Crippen molar-refractivity contribution in [2.24, 2.45) is 0 Å². The molecule has 2 aliphatic rings. The Bertz CT molecular complexity index is 1210. The number of aliphatic hydroxyl groups is 1. The SMILES string of the molecule is COc1cccc(CN2CCC3(CC2)c2ccccc2[C@@H](NC(=O)COc2ccccc2)[C@@H]3O)c1O. The molecule has 0 radical (unpaired) electrons. The number of hydrogen-bond donors (Lipinski definition) is 3. The first-order valence-electron chi connectivity index (χ1n) is 12.3. The molecular weight excluding hydrogens is 456 g/mol. The Morgan fingerprint density at radius 3 is 2.50 bits per heavy atom. The van der Waals surface area contributed by atoms with E-state index in [-0.39, 0.29) is 18.3 Å². The number of nitrogens with zero attached hydrogens (tertiary/aromatic N) is 1. The van der Waals surface area contributed by atoms with Gasteiger partial charge in [0, 0.05) is 17.5 Å². The molecule has 188 valence electrons. The zero-order valence-electron chi connectivity index (χ0n) is 20.4. The number of nitrogens with one attached hydrogen (secondary N) is 1. The number of likely N-dealkylation sites (tertiary alicyclic amines) is 1. The van der Waals surface area contributed by atoms with Crippen LogP contribution in [-0.4, -0.2) is 53.9 Å². The number of amides is 1. The number of aromatic hydroxyl groups is 1. The lowest BCUT2D eigenvalue weighted by molar-refractivity contribution is -0.125. The highest BCUT2D eigenvalue weighted by Gasteiger charge is 2.52. The summed E-state index contributed by atoms with van der Waals surface area (Å²) in [6, 6.07) is 22.3. The zero-order chi connectivity index (χ0) is 25.1. The molecule has 1 fully saturated rings. The number of ether oxygens (including phenoxy) is 2. The summed E-state index contributed by atoms with van der Waals surface area (Å²) in [5, 5.41) is 25.1. The van der Waals surface area contributed by atoms with E-state index in [4.69, 9.17) is 9.47 Å². The summed E-state index contributed by atoms with van der Waals surface area (Å²) in [6.45, 7) is 2.02. The maximum atomic E-state index is 12.7. The van der Waals surface area contributed by atoms with Crippen molar-refractivity contribution >= 4 is 5.91 Å². The third-order valence-corrected chi connectivity index (χ3v) is 7.59. The Labute approximate surface area is 211 Å². The van der Waals surface area contributed by atoms with Gasteiger partial charge in [-0.15, -0.1) is 0 Å². The summed E-state index contributed by atoms with van der Waals surface area (Å²) in [5.74, 6) is 1.01. The summed E-state index contributed by atoms with van der Waals surface area (Å²) in [4.78, 5) is 15.0. The molecule has 7 heteroatoms. The number of methoxy groups -OCH3 is 1. The number of para-hydroxylation sites is 2. The molecule has 1 aliphatic heterocycles. The monoisotopic (exact) mass is 488 g/mol. The smallest absolute Gasteiger partial charge is 0.258 e. The maximum Gasteiger partial charge on any atom is 0.258 e. The van der Waals surface area contributed by atoms with Gasteiger partial charge in [-0.2, -0.15) is 0 Å². The van der Waals surface area contributed by atoms with Crippen LogP contribution in [0.5, 0.6) is 17.2 Å². The Balaban J connectivity index is 1.27. The van der Waals surface area contributed by atoms with Crippen LogP contribution in [0.25, 0.3) is 0 Å². The van der Waals surface area contributed by atoms with E-state index in [9.17, 15) is 15.0 Å². The van der Waals surface area contributed by atoms with Crippen molar-refractivity contribution in [3.63, 3.8) is 0 Å². The first kappa shape index (κ1) is 24.2. The lowest BCUT2D eigenvalue weighted by Gasteiger charge is -2.43. The largest absolute Gasteiger partial charge is 0.504 e. The fourth-order valence-corrected chi connectivity index (χ4v) is 5.68. The molecule has 0 bridgehead atoms. The predicted octanol–water partition coefficient (Wildman–Crippen LogP) is 3.55. The molecule has 1 heterocycles. The Kier molecular flexibility index (Phi) is 6.85. The van der Waals surface area contributed by atoms with Crippen LogP contribution in [0.2, 0.25) is 0 Å². The first-order valence-corrected chi connectivity index (χ1v) is 12.3. The zero-order valence-corrected chi connectivity index (χ0v) is 20.4. The first-order chi connectivity index (χ1) is 17.5. The van der Waals surface area contributed by atoms with Gasteiger partial charge in [0.25, 0.3) is 5.91 Å². The minimum atomic E-state index is -0.733. The lowest BCUT2D eigenvalue weighted by atomic mass is 9.72. The van der Waals surface area contributed by atoms with Gasteiger partial charge >= 0.3 is 0 Å². The van der Waals surface area contributed by atoms with Crippen LogP contribution >= 0.6 is 0 Å². The molecule has 1 aliphatic carbocycles. The number of fused-ring (bicyclic) bond motifs is 2. The minimum Gasteiger partial charge on any atom is -0.504 e. The van der Waals surface area contributed by atoms with Crippen molar-refractivity contribution in [2.75, 3.05) is 26.8 Å². The van der Waals surface area contributed by atoms with E-state index in [0.29, 0.717) is 18.0 Å². The van der Waals surface area contributed by atoms with E-state index in [1.54, 1.807) is 25.3 Å². The van der Waals surface area contributed by atoms with Gasteiger partial charge in [-0.05, 0) is 55.3 Å². The number of rotatable bonds is 7. The van der Waals surface area contributed by atoms with Crippen LogP contribution in [0.3, 0.4) is 0 Å². The summed E-state index contributed by atoms with van der Waals surface area (Å²) in [7, 11) is 1.55. The Morgan fingerprint density at radius 1 is 1.03 bits per heavy atom. The van der Waals surface area contributed by atoms with Crippen molar-refractivity contribution in [1.29, 1.82) is 0 Å². The molecule has 3 N–H and O–H groups in total. The normalized spacial score (nSPS) is 20.6. The number of hydrogen-bond acceptors (Lipinski definition) is 6. The van der Waals surface area contributed by atoms with Gasteiger partial charge in [0.05, 0.1) is 19.3 Å². The highest BCUT2D eigenvalue weighted by Crippen LogP contribution is 2.51. The molecule has 1 saturated heterocycles.